The lowest BCUT2D eigenvalue weighted by molar-refractivity contribution is -0.127. The van der Waals surface area contributed by atoms with Crippen LogP contribution in [0.5, 0.6) is 0 Å². The predicted octanol–water partition coefficient (Wildman–Crippen LogP) is 4.29. The Labute approximate surface area is 209 Å². The number of carbonyl (C=O) groups excluding carboxylic acids is 4. The second-order valence-corrected chi connectivity index (χ2v) is 9.96. The van der Waals surface area contributed by atoms with Gasteiger partial charge in [-0.3, -0.25) is 19.2 Å². The third-order valence-electron chi connectivity index (χ3n) is 7.11. The van der Waals surface area contributed by atoms with E-state index in [0.717, 1.165) is 14.0 Å². The number of ether oxygens (including phenoxy) is 1. The monoisotopic (exact) mass is 563 g/mol. The molecule has 0 radical (unpaired) electrons. The average Bonchev–Trinajstić information content (AvgIpc) is 3.40. The lowest BCUT2D eigenvalue weighted by Gasteiger charge is -2.28. The number of halogens is 1. The smallest absolute Gasteiger partial charge is 0.241 e. The first-order chi connectivity index (χ1) is 16.4. The summed E-state index contributed by atoms with van der Waals surface area (Å²) in [6.45, 7) is 1.88. The van der Waals surface area contributed by atoms with Crippen molar-refractivity contribution in [3.63, 3.8) is 0 Å². The summed E-state index contributed by atoms with van der Waals surface area (Å²) in [6, 6.07) is 20.9. The van der Waals surface area contributed by atoms with Gasteiger partial charge in [0.2, 0.25) is 29.0 Å². The summed E-state index contributed by atoms with van der Waals surface area (Å²) in [4.78, 5) is 56.5. The molecule has 3 aromatic rings. The normalized spacial score (nSPS) is 24.8. The lowest BCUT2D eigenvalue weighted by atomic mass is 9.77. The van der Waals surface area contributed by atoms with E-state index in [2.05, 4.69) is 22.6 Å². The Morgan fingerprint density at radius 1 is 0.794 bits per heavy atom. The molecule has 3 atom stereocenters. The Morgan fingerprint density at radius 3 is 2.03 bits per heavy atom. The third-order valence-corrected chi connectivity index (χ3v) is 8.02. The number of rotatable bonds is 2. The number of anilines is 1. The number of hydrogen-bond acceptors (Lipinski definition) is 5. The van der Waals surface area contributed by atoms with Gasteiger partial charge in [0.25, 0.3) is 0 Å². The summed E-state index contributed by atoms with van der Waals surface area (Å²) >= 11 is 2.07. The maximum Gasteiger partial charge on any atom is 0.241 e. The molecule has 1 spiro atoms. The molecule has 2 heterocycles. The van der Waals surface area contributed by atoms with Crippen LogP contribution >= 0.6 is 22.6 Å². The molecule has 168 valence electrons. The molecule has 2 saturated heterocycles. The zero-order valence-electron chi connectivity index (χ0n) is 18.0. The van der Waals surface area contributed by atoms with Gasteiger partial charge >= 0.3 is 0 Å². The van der Waals surface area contributed by atoms with E-state index in [4.69, 9.17) is 4.74 Å². The van der Waals surface area contributed by atoms with E-state index in [1.165, 1.54) is 0 Å². The number of amides is 2. The highest BCUT2D eigenvalue weighted by Crippen LogP contribution is 2.58. The number of para-hydroxylation sites is 1. The molecule has 0 bridgehead atoms. The zero-order chi connectivity index (χ0) is 23.8. The molecule has 6 rings (SSSR count). The van der Waals surface area contributed by atoms with Crippen molar-refractivity contribution in [3.8, 4) is 0 Å². The summed E-state index contributed by atoms with van der Waals surface area (Å²) in [5, 5.41) is 0. The first-order valence-electron chi connectivity index (χ1n) is 10.9. The molecule has 0 N–H and O–H groups in total. The topological polar surface area (TPSA) is 80.8 Å². The van der Waals surface area contributed by atoms with Gasteiger partial charge in [0.15, 0.2) is 0 Å². The Morgan fingerprint density at radius 2 is 1.38 bits per heavy atom. The van der Waals surface area contributed by atoms with Crippen LogP contribution in [0.3, 0.4) is 0 Å². The van der Waals surface area contributed by atoms with Crippen LogP contribution in [0.15, 0.2) is 72.8 Å². The molecular formula is C27H18INO5. The van der Waals surface area contributed by atoms with Crippen LogP contribution in [0, 0.1) is 22.3 Å². The van der Waals surface area contributed by atoms with Crippen molar-refractivity contribution >= 4 is 51.7 Å². The summed E-state index contributed by atoms with van der Waals surface area (Å²) in [5.74, 6) is -4.37. The average molecular weight is 563 g/mol. The highest BCUT2D eigenvalue weighted by atomic mass is 127. The van der Waals surface area contributed by atoms with Crippen LogP contribution in [0.1, 0.15) is 37.9 Å². The van der Waals surface area contributed by atoms with Gasteiger partial charge in [-0.05, 0) is 52.8 Å². The van der Waals surface area contributed by atoms with Crippen LogP contribution in [0.2, 0.25) is 0 Å². The van der Waals surface area contributed by atoms with Crippen molar-refractivity contribution in [2.24, 2.45) is 11.8 Å². The molecule has 6 nitrogen and oxygen atoms in total. The molecule has 2 aliphatic heterocycles. The highest BCUT2D eigenvalue weighted by Gasteiger charge is 2.74. The number of fused-ring (bicyclic) bond motifs is 3. The number of Topliss-reactive ketones (excluding diaryl/α,β-unsaturated/α-hetero) is 2. The molecule has 2 amide bonds. The van der Waals surface area contributed by atoms with E-state index in [1.807, 2.05) is 37.3 Å². The second kappa shape index (κ2) is 7.41. The second-order valence-electron chi connectivity index (χ2n) is 8.80. The SMILES string of the molecule is Cc1ccccc1[C@H]1OC2(C(=O)c3ccccc3C2=O)[C@H]2C(=O)N(c3ccccc3I)C(=O)[C@@H]12. The van der Waals surface area contributed by atoms with Crippen molar-refractivity contribution in [2.75, 3.05) is 4.90 Å². The van der Waals surface area contributed by atoms with E-state index in [-0.39, 0.29) is 11.1 Å². The van der Waals surface area contributed by atoms with Crippen LogP contribution in [0.25, 0.3) is 0 Å². The minimum atomic E-state index is -2.05. The Bertz CT molecular complexity index is 1390. The molecule has 34 heavy (non-hydrogen) atoms. The molecule has 3 aliphatic rings. The van der Waals surface area contributed by atoms with Crippen LogP contribution < -0.4 is 4.90 Å². The van der Waals surface area contributed by atoms with E-state index in [9.17, 15) is 19.2 Å². The number of nitrogens with zero attached hydrogens (tertiary/aromatic N) is 1. The molecule has 1 aliphatic carbocycles. The van der Waals surface area contributed by atoms with Crippen LogP contribution in [-0.2, 0) is 14.3 Å². The number of imide groups is 1. The molecule has 0 aromatic heterocycles. The van der Waals surface area contributed by atoms with Gasteiger partial charge in [0.1, 0.15) is 0 Å². The zero-order valence-corrected chi connectivity index (χ0v) is 20.2. The van der Waals surface area contributed by atoms with E-state index in [0.29, 0.717) is 11.3 Å². The molecule has 2 fully saturated rings. The Hall–Kier alpha value is -3.17. The van der Waals surface area contributed by atoms with Gasteiger partial charge in [-0.15, -0.1) is 0 Å². The molecule has 0 saturated carbocycles. The summed E-state index contributed by atoms with van der Waals surface area (Å²) in [7, 11) is 0. The predicted molar refractivity (Wildman–Crippen MR) is 131 cm³/mol. The standard InChI is InChI=1S/C27H18INO5/c1-14-8-2-3-9-15(14)22-20-21(26(33)29(25(20)32)19-13-7-6-12-18(19)28)27(34-22)23(30)16-10-4-5-11-17(16)24(27)31/h2-13,20-22H,1H3/t20-,21-,22-/m1/s1. The first kappa shape index (κ1) is 21.4. The summed E-state index contributed by atoms with van der Waals surface area (Å²) in [5.41, 5.74) is 0.391. The van der Waals surface area contributed by atoms with Gasteiger partial charge in [-0.2, -0.15) is 0 Å². The Kier molecular flexibility index (Phi) is 4.66. The highest BCUT2D eigenvalue weighted by molar-refractivity contribution is 14.1. The van der Waals surface area contributed by atoms with E-state index >= 15 is 0 Å². The quantitative estimate of drug-likeness (QED) is 0.264. The maximum absolute atomic E-state index is 13.9. The number of aryl methyl sites for hydroxylation is 1. The summed E-state index contributed by atoms with van der Waals surface area (Å²) < 4.78 is 7.06. The van der Waals surface area contributed by atoms with Gasteiger partial charge in [0.05, 0.1) is 23.6 Å². The molecular weight excluding hydrogens is 545 g/mol. The largest absolute Gasteiger partial charge is 0.349 e. The van der Waals surface area contributed by atoms with Crippen molar-refractivity contribution in [1.82, 2.24) is 0 Å². The fourth-order valence-corrected chi connectivity index (χ4v) is 6.20. The van der Waals surface area contributed by atoms with Crippen molar-refractivity contribution in [2.45, 2.75) is 18.6 Å². The number of hydrogen-bond donors (Lipinski definition) is 0. The Balaban J connectivity index is 1.58. The van der Waals surface area contributed by atoms with Crippen molar-refractivity contribution in [3.05, 3.63) is 98.6 Å². The van der Waals surface area contributed by atoms with Crippen molar-refractivity contribution < 1.29 is 23.9 Å². The van der Waals surface area contributed by atoms with Gasteiger partial charge < -0.3 is 4.74 Å². The maximum atomic E-state index is 13.9. The van der Waals surface area contributed by atoms with E-state index in [1.54, 1.807) is 42.5 Å². The first-order valence-corrected chi connectivity index (χ1v) is 12.0. The van der Waals surface area contributed by atoms with Gasteiger partial charge in [0, 0.05) is 14.7 Å². The van der Waals surface area contributed by atoms with Crippen LogP contribution in [-0.4, -0.2) is 29.0 Å². The third kappa shape index (κ3) is 2.59. The minimum absolute atomic E-state index is 0.227. The fraction of sp³-hybridized carbons (Fsp3) is 0.185. The molecule has 3 aromatic carbocycles. The molecule has 0 unspecified atom stereocenters. The summed E-state index contributed by atoms with van der Waals surface area (Å²) in [6.07, 6.45) is -0.906. The molecule has 7 heteroatoms. The number of carbonyl (C=O) groups is 4. The fourth-order valence-electron chi connectivity index (χ4n) is 5.58. The van der Waals surface area contributed by atoms with E-state index < -0.39 is 46.9 Å². The number of ketones is 2. The minimum Gasteiger partial charge on any atom is -0.349 e. The van der Waals surface area contributed by atoms with Crippen molar-refractivity contribution in [1.29, 1.82) is 0 Å². The van der Waals surface area contributed by atoms with Gasteiger partial charge in [-0.25, -0.2) is 4.90 Å². The lowest BCUT2D eigenvalue weighted by Crippen LogP contribution is -2.51. The number of benzene rings is 3. The van der Waals surface area contributed by atoms with Crippen LogP contribution in [0.4, 0.5) is 5.69 Å². The van der Waals surface area contributed by atoms with Gasteiger partial charge in [-0.1, -0.05) is 60.7 Å².